The number of amides is 1. The Morgan fingerprint density at radius 2 is 1.52 bits per heavy atom. The largest absolute Gasteiger partial charge is 0.337 e. The Morgan fingerprint density at radius 1 is 0.862 bits per heavy atom. The summed E-state index contributed by atoms with van der Waals surface area (Å²) in [6, 6.07) is 23.1. The van der Waals surface area contributed by atoms with E-state index in [2.05, 4.69) is 0 Å². The van der Waals surface area contributed by atoms with Gasteiger partial charge in [0.25, 0.3) is 15.9 Å². The van der Waals surface area contributed by atoms with Crippen LogP contribution >= 0.6 is 0 Å². The summed E-state index contributed by atoms with van der Waals surface area (Å²) < 4.78 is 27.5. The summed E-state index contributed by atoms with van der Waals surface area (Å²) in [5, 5.41) is 0. The molecule has 3 aromatic rings. The van der Waals surface area contributed by atoms with Crippen LogP contribution in [-0.4, -0.2) is 33.3 Å². The molecule has 1 amide bonds. The number of anilines is 1. The normalized spacial score (nSPS) is 11.1. The minimum absolute atomic E-state index is 0.0854. The molecular weight excluding hydrogens is 384 g/mol. The zero-order valence-electron chi connectivity index (χ0n) is 16.7. The van der Waals surface area contributed by atoms with Gasteiger partial charge in [-0.05, 0) is 42.3 Å². The number of carbonyl (C=O) groups is 1. The third-order valence-electron chi connectivity index (χ3n) is 4.80. The van der Waals surface area contributed by atoms with Crippen LogP contribution < -0.4 is 4.31 Å². The molecule has 0 aliphatic heterocycles. The molecule has 29 heavy (non-hydrogen) atoms. The second-order valence-corrected chi connectivity index (χ2v) is 8.90. The first-order valence-corrected chi connectivity index (χ1v) is 10.7. The van der Waals surface area contributed by atoms with Crippen molar-refractivity contribution >= 4 is 21.6 Å². The molecule has 0 bridgehead atoms. The van der Waals surface area contributed by atoms with Crippen LogP contribution in [0.25, 0.3) is 0 Å². The molecule has 150 valence electrons. The van der Waals surface area contributed by atoms with E-state index in [1.165, 1.54) is 23.5 Å². The van der Waals surface area contributed by atoms with E-state index < -0.39 is 10.0 Å². The van der Waals surface area contributed by atoms with Crippen LogP contribution in [0.1, 0.15) is 21.5 Å². The summed E-state index contributed by atoms with van der Waals surface area (Å²) in [6.07, 6.45) is 0. The predicted molar refractivity (Wildman–Crippen MR) is 115 cm³/mol. The maximum Gasteiger partial charge on any atom is 0.264 e. The number of carbonyl (C=O) groups excluding carboxylic acids is 1. The molecule has 3 rings (SSSR count). The summed E-state index contributed by atoms with van der Waals surface area (Å²) in [7, 11) is -0.567. The van der Waals surface area contributed by atoms with Crippen LogP contribution in [0.5, 0.6) is 0 Å². The van der Waals surface area contributed by atoms with Crippen molar-refractivity contribution in [3.8, 4) is 0 Å². The molecule has 6 heteroatoms. The number of aryl methyl sites for hydroxylation is 1. The van der Waals surface area contributed by atoms with E-state index in [-0.39, 0.29) is 10.8 Å². The third-order valence-corrected chi connectivity index (χ3v) is 6.57. The van der Waals surface area contributed by atoms with Gasteiger partial charge in [-0.3, -0.25) is 9.10 Å². The number of hydrogen-bond acceptors (Lipinski definition) is 3. The van der Waals surface area contributed by atoms with Gasteiger partial charge in [0.2, 0.25) is 0 Å². The quantitative estimate of drug-likeness (QED) is 0.617. The Morgan fingerprint density at radius 3 is 2.21 bits per heavy atom. The smallest absolute Gasteiger partial charge is 0.264 e. The van der Waals surface area contributed by atoms with Gasteiger partial charge in [0, 0.05) is 26.2 Å². The van der Waals surface area contributed by atoms with Crippen LogP contribution in [0.2, 0.25) is 0 Å². The maximum absolute atomic E-state index is 13.1. The average molecular weight is 409 g/mol. The molecule has 0 unspecified atom stereocenters. The van der Waals surface area contributed by atoms with Crippen molar-refractivity contribution in [2.24, 2.45) is 0 Å². The summed E-state index contributed by atoms with van der Waals surface area (Å²) in [4.78, 5) is 14.5. The SMILES string of the molecule is Cc1ccccc1N(C)S(=O)(=O)c1cccc(C(=O)N(C)Cc2ccccc2)c1. The Bertz CT molecular complexity index is 1110. The number of hydrogen-bond donors (Lipinski definition) is 0. The molecule has 0 N–H and O–H groups in total. The fourth-order valence-corrected chi connectivity index (χ4v) is 4.45. The minimum Gasteiger partial charge on any atom is -0.337 e. The molecule has 0 aliphatic rings. The molecule has 0 aromatic heterocycles. The lowest BCUT2D eigenvalue weighted by Crippen LogP contribution is -2.28. The Kier molecular flexibility index (Phi) is 6.03. The van der Waals surface area contributed by atoms with Crippen molar-refractivity contribution in [3.05, 3.63) is 95.6 Å². The zero-order valence-corrected chi connectivity index (χ0v) is 17.6. The van der Waals surface area contributed by atoms with Gasteiger partial charge in [-0.15, -0.1) is 0 Å². The minimum atomic E-state index is -3.79. The van der Waals surface area contributed by atoms with Crippen molar-refractivity contribution in [3.63, 3.8) is 0 Å². The third kappa shape index (κ3) is 4.49. The molecule has 0 saturated carbocycles. The van der Waals surface area contributed by atoms with E-state index in [4.69, 9.17) is 0 Å². The van der Waals surface area contributed by atoms with Gasteiger partial charge in [0.1, 0.15) is 0 Å². The molecule has 0 heterocycles. The number of para-hydroxylation sites is 1. The number of nitrogens with zero attached hydrogens (tertiary/aromatic N) is 2. The molecule has 5 nitrogen and oxygen atoms in total. The molecular formula is C23H24N2O3S. The van der Waals surface area contributed by atoms with Crippen molar-refractivity contribution in [1.29, 1.82) is 0 Å². The van der Waals surface area contributed by atoms with Gasteiger partial charge in [-0.25, -0.2) is 8.42 Å². The summed E-state index contributed by atoms with van der Waals surface area (Å²) in [6.45, 7) is 2.31. The fraction of sp³-hybridized carbons (Fsp3) is 0.174. The van der Waals surface area contributed by atoms with Crippen molar-refractivity contribution in [1.82, 2.24) is 4.90 Å². The van der Waals surface area contributed by atoms with Crippen molar-refractivity contribution in [2.45, 2.75) is 18.4 Å². The fourth-order valence-electron chi connectivity index (χ4n) is 3.14. The first-order valence-electron chi connectivity index (χ1n) is 9.24. The topological polar surface area (TPSA) is 57.7 Å². The highest BCUT2D eigenvalue weighted by atomic mass is 32.2. The lowest BCUT2D eigenvalue weighted by atomic mass is 10.1. The highest BCUT2D eigenvalue weighted by molar-refractivity contribution is 7.92. The van der Waals surface area contributed by atoms with Gasteiger partial charge < -0.3 is 4.90 Å². The lowest BCUT2D eigenvalue weighted by molar-refractivity contribution is 0.0785. The Hall–Kier alpha value is -3.12. The second kappa shape index (κ2) is 8.49. The summed E-state index contributed by atoms with van der Waals surface area (Å²) >= 11 is 0. The molecule has 0 aliphatic carbocycles. The van der Waals surface area contributed by atoms with Gasteiger partial charge >= 0.3 is 0 Å². The summed E-state index contributed by atoms with van der Waals surface area (Å²) in [5.41, 5.74) is 2.80. The van der Waals surface area contributed by atoms with Crippen LogP contribution in [-0.2, 0) is 16.6 Å². The molecule has 0 fully saturated rings. The standard InChI is InChI=1S/C23H24N2O3S/c1-18-10-7-8-15-22(18)25(3)29(27,28)21-14-9-13-20(16-21)23(26)24(2)17-19-11-5-4-6-12-19/h4-16H,17H2,1-3H3. The first kappa shape index (κ1) is 20.6. The maximum atomic E-state index is 13.1. The van der Waals surface area contributed by atoms with E-state index in [0.717, 1.165) is 11.1 Å². The van der Waals surface area contributed by atoms with Gasteiger partial charge in [0.05, 0.1) is 10.6 Å². The second-order valence-electron chi connectivity index (χ2n) is 6.93. The van der Waals surface area contributed by atoms with Crippen LogP contribution in [0.4, 0.5) is 5.69 Å². The van der Waals surface area contributed by atoms with Crippen LogP contribution in [0.15, 0.2) is 83.8 Å². The van der Waals surface area contributed by atoms with E-state index in [9.17, 15) is 13.2 Å². The molecule has 0 atom stereocenters. The zero-order chi connectivity index (χ0) is 21.0. The molecule has 0 spiro atoms. The molecule has 3 aromatic carbocycles. The molecule has 0 radical (unpaired) electrons. The van der Waals surface area contributed by atoms with Gasteiger partial charge in [-0.1, -0.05) is 54.6 Å². The number of rotatable bonds is 6. The van der Waals surface area contributed by atoms with Crippen molar-refractivity contribution < 1.29 is 13.2 Å². The van der Waals surface area contributed by atoms with Crippen LogP contribution in [0.3, 0.4) is 0 Å². The van der Waals surface area contributed by atoms with Crippen molar-refractivity contribution in [2.75, 3.05) is 18.4 Å². The van der Waals surface area contributed by atoms with E-state index >= 15 is 0 Å². The Labute approximate surface area is 172 Å². The average Bonchev–Trinajstić information content (AvgIpc) is 2.74. The van der Waals surface area contributed by atoms with Crippen LogP contribution in [0, 0.1) is 6.92 Å². The van der Waals surface area contributed by atoms with E-state index in [0.29, 0.717) is 17.8 Å². The van der Waals surface area contributed by atoms with E-state index in [1.54, 1.807) is 36.2 Å². The Balaban J connectivity index is 1.86. The lowest BCUT2D eigenvalue weighted by Gasteiger charge is -2.22. The predicted octanol–water partition coefficient (Wildman–Crippen LogP) is 4.09. The summed E-state index contributed by atoms with van der Waals surface area (Å²) in [5.74, 6) is -0.232. The highest BCUT2D eigenvalue weighted by Gasteiger charge is 2.24. The van der Waals surface area contributed by atoms with Gasteiger partial charge in [-0.2, -0.15) is 0 Å². The van der Waals surface area contributed by atoms with Gasteiger partial charge in [0.15, 0.2) is 0 Å². The van der Waals surface area contributed by atoms with E-state index in [1.807, 2.05) is 49.4 Å². The highest BCUT2D eigenvalue weighted by Crippen LogP contribution is 2.25. The first-order chi connectivity index (χ1) is 13.8. The monoisotopic (exact) mass is 408 g/mol. The number of sulfonamides is 1. The molecule has 0 saturated heterocycles. The number of benzene rings is 3.